The minimum atomic E-state index is -0.803. The van der Waals surface area contributed by atoms with Crippen LogP contribution in [0.4, 0.5) is 10.5 Å². The Bertz CT molecular complexity index is 1070. The van der Waals surface area contributed by atoms with Crippen LogP contribution in [0.15, 0.2) is 47.5 Å². The molecule has 1 aliphatic rings. The van der Waals surface area contributed by atoms with Gasteiger partial charge in [-0.25, -0.2) is 4.79 Å². The predicted molar refractivity (Wildman–Crippen MR) is 118 cm³/mol. The molecule has 0 aliphatic carbocycles. The van der Waals surface area contributed by atoms with Crippen molar-refractivity contribution in [2.24, 2.45) is 4.99 Å². The number of hydrogen-bond donors (Lipinski definition) is 1. The van der Waals surface area contributed by atoms with Gasteiger partial charge in [0.05, 0.1) is 31.4 Å². The van der Waals surface area contributed by atoms with Gasteiger partial charge in [-0.15, -0.1) is 0 Å². The SMILES string of the molecule is CCOC(=O)c1ccc(N=Cc2ccc(OC(=O)CC3SC(=O)NC3=O)c(OC)c2)cc1. The lowest BCUT2D eigenvalue weighted by Gasteiger charge is -2.10. The zero-order valence-electron chi connectivity index (χ0n) is 17.3. The van der Waals surface area contributed by atoms with E-state index in [1.165, 1.54) is 7.11 Å². The smallest absolute Gasteiger partial charge is 0.338 e. The monoisotopic (exact) mass is 456 g/mol. The number of aliphatic imine (C=N–C) groups is 1. The Morgan fingerprint density at radius 3 is 2.50 bits per heavy atom. The number of carbonyl (C=O) groups excluding carboxylic acids is 4. The summed E-state index contributed by atoms with van der Waals surface area (Å²) in [5, 5.41) is 0.838. The molecule has 2 amide bonds. The molecule has 1 fully saturated rings. The highest BCUT2D eigenvalue weighted by Gasteiger charge is 2.34. The highest BCUT2D eigenvalue weighted by Crippen LogP contribution is 2.29. The van der Waals surface area contributed by atoms with Crippen molar-refractivity contribution in [1.82, 2.24) is 5.32 Å². The van der Waals surface area contributed by atoms with Crippen LogP contribution in [-0.2, 0) is 14.3 Å². The van der Waals surface area contributed by atoms with Gasteiger partial charge in [0.25, 0.3) is 5.24 Å². The van der Waals surface area contributed by atoms with Gasteiger partial charge in [-0.2, -0.15) is 0 Å². The predicted octanol–water partition coefficient (Wildman–Crippen LogP) is 3.27. The molecule has 10 heteroatoms. The number of hydrogen-bond acceptors (Lipinski definition) is 9. The highest BCUT2D eigenvalue weighted by atomic mass is 32.2. The summed E-state index contributed by atoms with van der Waals surface area (Å²) in [7, 11) is 1.43. The number of ether oxygens (including phenoxy) is 3. The van der Waals surface area contributed by atoms with Crippen LogP contribution in [0.3, 0.4) is 0 Å². The molecular weight excluding hydrogens is 436 g/mol. The number of benzene rings is 2. The zero-order chi connectivity index (χ0) is 23.1. The van der Waals surface area contributed by atoms with Crippen LogP contribution in [0.2, 0.25) is 0 Å². The van der Waals surface area contributed by atoms with E-state index in [0.717, 1.165) is 11.8 Å². The van der Waals surface area contributed by atoms with E-state index in [4.69, 9.17) is 14.2 Å². The van der Waals surface area contributed by atoms with Crippen LogP contribution in [0, 0.1) is 0 Å². The number of thioether (sulfide) groups is 1. The lowest BCUT2D eigenvalue weighted by atomic mass is 10.2. The van der Waals surface area contributed by atoms with Gasteiger partial charge in [-0.1, -0.05) is 11.8 Å². The summed E-state index contributed by atoms with van der Waals surface area (Å²) < 4.78 is 15.5. The van der Waals surface area contributed by atoms with Crippen molar-refractivity contribution in [3.05, 3.63) is 53.6 Å². The topological polar surface area (TPSA) is 120 Å². The fraction of sp³-hybridized carbons (Fsp3) is 0.227. The molecule has 0 spiro atoms. The normalized spacial score (nSPS) is 15.5. The molecule has 1 atom stereocenters. The number of carbonyl (C=O) groups is 4. The lowest BCUT2D eigenvalue weighted by Crippen LogP contribution is -2.27. The molecule has 32 heavy (non-hydrogen) atoms. The quantitative estimate of drug-likeness (QED) is 0.365. The second-order valence-corrected chi connectivity index (χ2v) is 7.67. The van der Waals surface area contributed by atoms with Crippen LogP contribution in [0.5, 0.6) is 11.5 Å². The number of rotatable bonds is 8. The summed E-state index contributed by atoms with van der Waals surface area (Å²) in [6, 6.07) is 11.5. The molecule has 0 saturated carbocycles. The van der Waals surface area contributed by atoms with Gasteiger partial charge in [0.1, 0.15) is 5.25 Å². The van der Waals surface area contributed by atoms with E-state index < -0.39 is 28.3 Å². The Morgan fingerprint density at radius 1 is 1.12 bits per heavy atom. The average molecular weight is 456 g/mol. The van der Waals surface area contributed by atoms with E-state index >= 15 is 0 Å². The summed E-state index contributed by atoms with van der Waals surface area (Å²) >= 11 is 0.759. The van der Waals surface area contributed by atoms with Crippen LogP contribution in [-0.4, -0.2) is 48.3 Å². The van der Waals surface area contributed by atoms with E-state index in [1.807, 2.05) is 0 Å². The number of esters is 2. The van der Waals surface area contributed by atoms with Crippen molar-refractivity contribution in [1.29, 1.82) is 0 Å². The van der Waals surface area contributed by atoms with Crippen LogP contribution in [0.25, 0.3) is 0 Å². The molecule has 1 unspecified atom stereocenters. The molecule has 166 valence electrons. The summed E-state index contributed by atoms with van der Waals surface area (Å²) in [6.45, 7) is 2.05. The lowest BCUT2D eigenvalue weighted by molar-refractivity contribution is -0.136. The molecule has 1 N–H and O–H groups in total. The molecule has 2 aromatic carbocycles. The molecule has 0 aromatic heterocycles. The summed E-state index contributed by atoms with van der Waals surface area (Å²) in [5.74, 6) is -1.07. The first-order chi connectivity index (χ1) is 15.4. The largest absolute Gasteiger partial charge is 0.493 e. The Kier molecular flexibility index (Phi) is 7.61. The fourth-order valence-corrected chi connectivity index (χ4v) is 3.54. The van der Waals surface area contributed by atoms with Gasteiger partial charge in [-0.05, 0) is 55.0 Å². The minimum absolute atomic E-state index is 0.183. The van der Waals surface area contributed by atoms with Crippen molar-refractivity contribution in [3.8, 4) is 11.5 Å². The first-order valence-electron chi connectivity index (χ1n) is 9.61. The van der Waals surface area contributed by atoms with Crippen molar-refractivity contribution < 1.29 is 33.4 Å². The maximum absolute atomic E-state index is 12.2. The molecule has 1 heterocycles. The van der Waals surface area contributed by atoms with E-state index in [2.05, 4.69) is 10.3 Å². The third-order valence-electron chi connectivity index (χ3n) is 4.27. The number of nitrogens with one attached hydrogen (secondary N) is 1. The number of imide groups is 1. The second kappa shape index (κ2) is 10.6. The summed E-state index contributed by atoms with van der Waals surface area (Å²) in [6.07, 6.45) is 1.36. The Hall–Kier alpha value is -3.66. The van der Waals surface area contributed by atoms with E-state index in [1.54, 1.807) is 55.6 Å². The van der Waals surface area contributed by atoms with Crippen molar-refractivity contribution in [2.75, 3.05) is 13.7 Å². The van der Waals surface area contributed by atoms with E-state index in [0.29, 0.717) is 29.2 Å². The first-order valence-corrected chi connectivity index (χ1v) is 10.5. The van der Waals surface area contributed by atoms with Crippen molar-refractivity contribution >= 4 is 46.7 Å². The van der Waals surface area contributed by atoms with Crippen LogP contribution in [0.1, 0.15) is 29.3 Å². The van der Waals surface area contributed by atoms with Crippen molar-refractivity contribution in [3.63, 3.8) is 0 Å². The fourth-order valence-electron chi connectivity index (χ4n) is 2.74. The van der Waals surface area contributed by atoms with E-state index in [-0.39, 0.29) is 12.2 Å². The Labute approximate surface area is 188 Å². The molecule has 3 rings (SSSR count). The molecular formula is C22H20N2O7S. The van der Waals surface area contributed by atoms with Crippen LogP contribution < -0.4 is 14.8 Å². The Morgan fingerprint density at radius 2 is 1.88 bits per heavy atom. The van der Waals surface area contributed by atoms with Gasteiger partial charge in [0.2, 0.25) is 5.91 Å². The van der Waals surface area contributed by atoms with Gasteiger partial charge in [-0.3, -0.25) is 24.7 Å². The molecule has 1 saturated heterocycles. The summed E-state index contributed by atoms with van der Waals surface area (Å²) in [4.78, 5) is 51.0. The first kappa shape index (κ1) is 23.0. The minimum Gasteiger partial charge on any atom is -0.493 e. The molecule has 2 aromatic rings. The Balaban J connectivity index is 1.64. The summed E-state index contributed by atoms with van der Waals surface area (Å²) in [5.41, 5.74) is 1.76. The maximum Gasteiger partial charge on any atom is 0.338 e. The standard InChI is InChI=1S/C22H20N2O7S/c1-3-30-21(27)14-5-7-15(8-6-14)23-12-13-4-9-16(17(10-13)29-2)31-19(25)11-18-20(26)24-22(28)32-18/h4-10,12,18H,3,11H2,1-2H3,(H,24,26,28). The molecule has 9 nitrogen and oxygen atoms in total. The van der Waals surface area contributed by atoms with E-state index in [9.17, 15) is 19.2 Å². The second-order valence-electron chi connectivity index (χ2n) is 6.50. The van der Waals surface area contributed by atoms with Crippen LogP contribution >= 0.6 is 11.8 Å². The molecule has 0 radical (unpaired) electrons. The third-order valence-corrected chi connectivity index (χ3v) is 5.25. The van der Waals surface area contributed by atoms with Gasteiger partial charge < -0.3 is 14.2 Å². The zero-order valence-corrected chi connectivity index (χ0v) is 18.1. The average Bonchev–Trinajstić information content (AvgIpc) is 3.09. The van der Waals surface area contributed by atoms with Crippen molar-refractivity contribution in [2.45, 2.75) is 18.6 Å². The third kappa shape index (κ3) is 5.94. The number of methoxy groups -OCH3 is 1. The highest BCUT2D eigenvalue weighted by molar-refractivity contribution is 8.15. The maximum atomic E-state index is 12.2. The number of nitrogens with zero attached hydrogens (tertiary/aromatic N) is 1. The molecule has 0 bridgehead atoms. The molecule has 1 aliphatic heterocycles. The van der Waals surface area contributed by atoms with Gasteiger partial charge in [0.15, 0.2) is 11.5 Å². The van der Waals surface area contributed by atoms with Gasteiger partial charge in [0, 0.05) is 6.21 Å². The number of amides is 2. The van der Waals surface area contributed by atoms with Gasteiger partial charge >= 0.3 is 11.9 Å².